The topological polar surface area (TPSA) is 80.3 Å². The first-order chi connectivity index (χ1) is 10.1. The third kappa shape index (κ3) is 5.29. The lowest BCUT2D eigenvalue weighted by Crippen LogP contribution is -2.45. The van der Waals surface area contributed by atoms with Crippen molar-refractivity contribution in [3.05, 3.63) is 0 Å². The van der Waals surface area contributed by atoms with Crippen LogP contribution in [0.25, 0.3) is 0 Å². The molecule has 0 rings (SSSR count). The first-order valence-corrected chi connectivity index (χ1v) is 10.3. The van der Waals surface area contributed by atoms with E-state index >= 15 is 0 Å². The molecule has 0 saturated carbocycles. The summed E-state index contributed by atoms with van der Waals surface area (Å²) in [7, 11) is -10.7. The Bertz CT molecular complexity index is 569. The van der Waals surface area contributed by atoms with Crippen molar-refractivity contribution in [1.82, 2.24) is 5.32 Å². The molecule has 5 nitrogen and oxygen atoms in total. The monoisotopic (exact) mass is 443 g/mol. The summed E-state index contributed by atoms with van der Waals surface area (Å²) in [6.07, 6.45) is -13.8. The van der Waals surface area contributed by atoms with Gasteiger partial charge in [0.2, 0.25) is 0 Å². The van der Waals surface area contributed by atoms with Crippen LogP contribution in [0.5, 0.6) is 0 Å². The van der Waals surface area contributed by atoms with E-state index in [-0.39, 0.29) is 0 Å². The minimum atomic E-state index is -7.22. The van der Waals surface area contributed by atoms with Crippen molar-refractivity contribution < 1.29 is 60.7 Å². The zero-order valence-electron chi connectivity index (χ0n) is 11.2. The molecule has 1 N–H and O–H groups in total. The van der Waals surface area contributed by atoms with Crippen LogP contribution in [0.15, 0.2) is 0 Å². The van der Waals surface area contributed by atoms with Gasteiger partial charge in [-0.1, -0.05) is 0 Å². The van der Waals surface area contributed by atoms with Crippen molar-refractivity contribution >= 4 is 25.9 Å². The lowest BCUT2D eigenvalue weighted by molar-refractivity contribution is -0.240. The van der Waals surface area contributed by atoms with Crippen molar-refractivity contribution in [1.29, 1.82) is 0 Å². The van der Waals surface area contributed by atoms with Crippen LogP contribution in [0.3, 0.4) is 0 Å². The summed E-state index contributed by atoms with van der Waals surface area (Å²) in [5.74, 6) is 0. The van der Waals surface area contributed by atoms with E-state index in [0.717, 1.165) is 0 Å². The average Bonchev–Trinajstić information content (AvgIpc) is 2.24. The molecular weight excluding hydrogens is 435 g/mol. The third-order valence-electron chi connectivity index (χ3n) is 1.55. The van der Waals surface area contributed by atoms with Crippen LogP contribution in [0.4, 0.5) is 43.9 Å². The van der Waals surface area contributed by atoms with Crippen molar-refractivity contribution in [3.8, 4) is 0 Å². The van der Waals surface area contributed by atoms with E-state index in [1.165, 1.54) is 0 Å². The van der Waals surface area contributed by atoms with Gasteiger partial charge in [-0.05, 0) is 14.1 Å². The number of hydrogen-bond donors (Lipinski definition) is 1. The fourth-order valence-corrected chi connectivity index (χ4v) is 8.33. The lowest BCUT2D eigenvalue weighted by atomic mass is 10.7. The SMILES string of the molecule is CNC.O=S(=O)(PS(=O)(=O)C(F)(F)C(F)(F)F)C(F)(F)C(F)(F)F. The highest BCUT2D eigenvalue weighted by atomic mass is 33.1. The Kier molecular flexibility index (Phi) is 8.02. The van der Waals surface area contributed by atoms with Crippen molar-refractivity contribution in [2.24, 2.45) is 0 Å². The average molecular weight is 443 g/mol. The molecule has 0 fully saturated rings. The fourth-order valence-electron chi connectivity index (χ4n) is 0.554. The second-order valence-corrected chi connectivity index (χ2v) is 12.0. The molecule has 0 aromatic carbocycles. The highest BCUT2D eigenvalue weighted by Crippen LogP contribution is 2.54. The van der Waals surface area contributed by atoms with Gasteiger partial charge in [0, 0.05) is 0 Å². The molecule has 0 aromatic heterocycles. The van der Waals surface area contributed by atoms with Crippen molar-refractivity contribution in [2.45, 2.75) is 22.9 Å². The summed E-state index contributed by atoms with van der Waals surface area (Å²) in [6.45, 7) is -4.06. The highest BCUT2D eigenvalue weighted by Gasteiger charge is 2.73. The number of alkyl halides is 10. The number of rotatable bonds is 4. The van der Waals surface area contributed by atoms with Gasteiger partial charge in [0.05, 0.1) is 0 Å². The summed E-state index contributed by atoms with van der Waals surface area (Å²) >= 11 is 0. The summed E-state index contributed by atoms with van der Waals surface area (Å²) in [5.41, 5.74) is 0. The molecule has 0 aliphatic rings. The van der Waals surface area contributed by atoms with E-state index in [4.69, 9.17) is 0 Å². The second-order valence-electron chi connectivity index (χ2n) is 3.62. The third-order valence-corrected chi connectivity index (χ3v) is 10.6. The number of nitrogens with one attached hydrogen (secondary N) is 1. The fraction of sp³-hybridized carbons (Fsp3) is 1.00. The zero-order chi connectivity index (χ0) is 20.4. The Morgan fingerprint density at radius 3 is 0.917 bits per heavy atom. The normalized spacial score (nSPS) is 14.8. The molecule has 0 unspecified atom stereocenters. The molecule has 0 heterocycles. The van der Waals surface area contributed by atoms with Gasteiger partial charge in [0.15, 0.2) is 0 Å². The van der Waals surface area contributed by atoms with Crippen LogP contribution in [0.1, 0.15) is 0 Å². The number of halogens is 10. The molecule has 0 aliphatic carbocycles. The summed E-state index contributed by atoms with van der Waals surface area (Å²) in [4.78, 5) is 0. The highest BCUT2D eigenvalue weighted by molar-refractivity contribution is 8.76. The zero-order valence-corrected chi connectivity index (χ0v) is 13.9. The predicted octanol–water partition coefficient (Wildman–Crippen LogP) is 2.47. The molecular formula is C6H8F10NO4PS2. The van der Waals surface area contributed by atoms with Crippen LogP contribution >= 0.6 is 6.98 Å². The second kappa shape index (κ2) is 7.45. The van der Waals surface area contributed by atoms with Gasteiger partial charge in [-0.2, -0.15) is 43.9 Å². The van der Waals surface area contributed by atoms with Gasteiger partial charge < -0.3 is 5.32 Å². The van der Waals surface area contributed by atoms with Crippen molar-refractivity contribution in [3.63, 3.8) is 0 Å². The van der Waals surface area contributed by atoms with E-state index in [1.54, 1.807) is 0 Å². The molecule has 148 valence electrons. The molecule has 0 amide bonds. The molecule has 18 heteroatoms. The smallest absolute Gasteiger partial charge is 0.323 e. The predicted molar refractivity (Wildman–Crippen MR) is 63.1 cm³/mol. The Labute approximate surface area is 129 Å². The first-order valence-electron chi connectivity index (χ1n) is 4.87. The van der Waals surface area contributed by atoms with E-state index in [9.17, 15) is 60.7 Å². The molecule has 24 heavy (non-hydrogen) atoms. The molecule has 0 spiro atoms. The molecule has 0 saturated heterocycles. The Morgan fingerprint density at radius 2 is 0.792 bits per heavy atom. The maximum absolute atomic E-state index is 12.4. The lowest BCUT2D eigenvalue weighted by Gasteiger charge is -2.22. The Balaban J connectivity index is 0. The maximum Gasteiger partial charge on any atom is 0.469 e. The number of hydrogen-bond acceptors (Lipinski definition) is 5. The molecule has 0 atom stereocenters. The minimum absolute atomic E-state index is 1.88. The van der Waals surface area contributed by atoms with E-state index in [1.807, 2.05) is 14.1 Å². The van der Waals surface area contributed by atoms with E-state index in [0.29, 0.717) is 0 Å². The van der Waals surface area contributed by atoms with Gasteiger partial charge in [-0.3, -0.25) is 0 Å². The van der Waals surface area contributed by atoms with Crippen molar-refractivity contribution in [2.75, 3.05) is 14.1 Å². The molecule has 0 aromatic rings. The van der Waals surface area contributed by atoms with Crippen LogP contribution in [-0.2, 0) is 18.9 Å². The maximum atomic E-state index is 12.4. The quantitative estimate of drug-likeness (QED) is 0.534. The summed E-state index contributed by atoms with van der Waals surface area (Å²) < 4.78 is 162. The Morgan fingerprint density at radius 1 is 0.625 bits per heavy atom. The van der Waals surface area contributed by atoms with Crippen LogP contribution in [-0.4, -0.2) is 53.8 Å². The largest absolute Gasteiger partial charge is 0.469 e. The van der Waals surface area contributed by atoms with Gasteiger partial charge >= 0.3 is 22.9 Å². The summed E-state index contributed by atoms with van der Waals surface area (Å²) in [6, 6.07) is 0. The summed E-state index contributed by atoms with van der Waals surface area (Å²) in [5, 5.41) is -10.9. The molecule has 0 radical (unpaired) electrons. The van der Waals surface area contributed by atoms with Gasteiger partial charge in [-0.25, -0.2) is 16.8 Å². The van der Waals surface area contributed by atoms with Gasteiger partial charge in [0.25, 0.3) is 18.9 Å². The Hall–Kier alpha value is -0.410. The van der Waals surface area contributed by atoms with Crippen LogP contribution in [0, 0.1) is 0 Å². The molecule has 0 aliphatic heterocycles. The van der Waals surface area contributed by atoms with E-state index < -0.39 is 48.8 Å². The van der Waals surface area contributed by atoms with Gasteiger partial charge in [-0.15, -0.1) is 0 Å². The van der Waals surface area contributed by atoms with Gasteiger partial charge in [0.1, 0.15) is 6.98 Å². The first kappa shape index (κ1) is 25.8. The van der Waals surface area contributed by atoms with Crippen LogP contribution in [0.2, 0.25) is 0 Å². The standard InChI is InChI=1S/C4HF10O4PS2.C2H7N/c5-1(6,7)3(11,12)20(15,16)19-21(17,18)4(13,14)2(8,9)10;1-3-2/h19H;3H,1-2H3. The minimum Gasteiger partial charge on any atom is -0.323 e. The molecule has 0 bridgehead atoms. The van der Waals surface area contributed by atoms with E-state index in [2.05, 4.69) is 5.32 Å². The van der Waals surface area contributed by atoms with Crippen LogP contribution < -0.4 is 5.32 Å².